The van der Waals surface area contributed by atoms with Crippen LogP contribution in [0.5, 0.6) is 0 Å². The summed E-state index contributed by atoms with van der Waals surface area (Å²) >= 11 is 3.09. The molecule has 0 N–H and O–H groups in total. The van der Waals surface area contributed by atoms with E-state index in [1.165, 1.54) is 17.4 Å². The normalized spacial score (nSPS) is 18.5. The monoisotopic (exact) mass is 500 g/mol. The molecule has 35 heavy (non-hydrogen) atoms. The van der Waals surface area contributed by atoms with Gasteiger partial charge in [-0.2, -0.15) is 0 Å². The fourth-order valence-electron chi connectivity index (χ4n) is 4.31. The van der Waals surface area contributed by atoms with E-state index in [9.17, 15) is 4.79 Å². The van der Waals surface area contributed by atoms with E-state index in [0.29, 0.717) is 10.1 Å². The lowest BCUT2D eigenvalue weighted by atomic mass is 10.2. The summed E-state index contributed by atoms with van der Waals surface area (Å²) in [5.41, 5.74) is 5.06. The van der Waals surface area contributed by atoms with Gasteiger partial charge in [-0.25, -0.2) is 4.99 Å². The van der Waals surface area contributed by atoms with Crippen molar-refractivity contribution in [2.24, 2.45) is 4.99 Å². The maximum Gasteiger partial charge on any atom is 0.274 e. The first kappa shape index (κ1) is 23.6. The molecule has 7 heteroatoms. The van der Waals surface area contributed by atoms with Crippen molar-refractivity contribution in [2.45, 2.75) is 25.7 Å². The number of amides is 1. The first-order valence-electron chi connectivity index (χ1n) is 11.8. The topological polar surface area (TPSA) is 39.1 Å². The SMILES string of the molecule is CCN(CC)c1ccc(N=C2SC(=C3Sc4ccccc4N3C)C(=O)N2c2cccc(C)c2)cc1. The Hall–Kier alpha value is -3.16. The first-order valence-corrected chi connectivity index (χ1v) is 13.4. The summed E-state index contributed by atoms with van der Waals surface area (Å²) in [6.45, 7) is 8.27. The molecule has 2 aliphatic heterocycles. The number of thioether (sulfide) groups is 2. The Kier molecular flexibility index (Phi) is 6.62. The van der Waals surface area contributed by atoms with Gasteiger partial charge in [-0.15, -0.1) is 0 Å². The van der Waals surface area contributed by atoms with Crippen molar-refractivity contribution in [3.8, 4) is 0 Å². The lowest BCUT2D eigenvalue weighted by molar-refractivity contribution is -0.113. The van der Waals surface area contributed by atoms with E-state index in [2.05, 4.69) is 47.9 Å². The smallest absolute Gasteiger partial charge is 0.274 e. The van der Waals surface area contributed by atoms with Gasteiger partial charge in [-0.1, -0.05) is 36.0 Å². The van der Waals surface area contributed by atoms with Crippen LogP contribution >= 0.6 is 23.5 Å². The molecule has 0 radical (unpaired) electrons. The van der Waals surface area contributed by atoms with E-state index in [1.807, 2.05) is 62.5 Å². The summed E-state index contributed by atoms with van der Waals surface area (Å²) in [7, 11) is 2.02. The van der Waals surface area contributed by atoms with Crippen LogP contribution in [0.3, 0.4) is 0 Å². The number of benzene rings is 3. The van der Waals surface area contributed by atoms with Gasteiger partial charge in [0.05, 0.1) is 22.1 Å². The zero-order chi connectivity index (χ0) is 24.5. The molecule has 178 valence electrons. The number of hydrogen-bond acceptors (Lipinski definition) is 6. The van der Waals surface area contributed by atoms with Gasteiger partial charge >= 0.3 is 0 Å². The molecule has 0 atom stereocenters. The fourth-order valence-corrected chi connectivity index (χ4v) is 6.66. The minimum Gasteiger partial charge on any atom is -0.372 e. The second kappa shape index (κ2) is 9.84. The van der Waals surface area contributed by atoms with Crippen molar-refractivity contribution < 1.29 is 4.79 Å². The number of anilines is 3. The first-order chi connectivity index (χ1) is 17.0. The third-order valence-corrected chi connectivity index (χ3v) is 8.57. The van der Waals surface area contributed by atoms with Gasteiger partial charge in [-0.3, -0.25) is 9.69 Å². The van der Waals surface area contributed by atoms with Gasteiger partial charge in [0.25, 0.3) is 5.91 Å². The summed E-state index contributed by atoms with van der Waals surface area (Å²) in [4.78, 5) is 26.8. The fraction of sp³-hybridized carbons (Fsp3) is 0.214. The predicted octanol–water partition coefficient (Wildman–Crippen LogP) is 7.02. The van der Waals surface area contributed by atoms with E-state index < -0.39 is 0 Å². The van der Waals surface area contributed by atoms with Crippen LogP contribution in [-0.4, -0.2) is 31.2 Å². The molecule has 1 saturated heterocycles. The standard InChI is InChI=1S/C28H28N4OS2/c1-5-31(6-2)21-16-14-20(15-17-21)29-28-32(22-11-9-10-19(3)18-22)26(33)25(35-28)27-30(4)23-12-7-8-13-24(23)34-27/h7-18H,5-6H2,1-4H3. The van der Waals surface area contributed by atoms with Gasteiger partial charge in [0.2, 0.25) is 0 Å². The molecule has 3 aromatic rings. The molecular formula is C28H28N4OS2. The van der Waals surface area contributed by atoms with Gasteiger partial charge in [0.1, 0.15) is 4.91 Å². The summed E-state index contributed by atoms with van der Waals surface area (Å²) in [6.07, 6.45) is 0. The Morgan fingerprint density at radius 2 is 1.66 bits per heavy atom. The van der Waals surface area contributed by atoms with Crippen LogP contribution in [0.15, 0.2) is 92.6 Å². The zero-order valence-electron chi connectivity index (χ0n) is 20.4. The molecule has 5 rings (SSSR count). The van der Waals surface area contributed by atoms with Gasteiger partial charge in [0.15, 0.2) is 5.17 Å². The number of fused-ring (bicyclic) bond motifs is 1. The molecule has 0 unspecified atom stereocenters. The largest absolute Gasteiger partial charge is 0.372 e. The number of nitrogens with zero attached hydrogens (tertiary/aromatic N) is 4. The molecule has 0 spiro atoms. The average Bonchev–Trinajstić information content (AvgIpc) is 3.37. The minimum atomic E-state index is -0.0405. The van der Waals surface area contributed by atoms with Gasteiger partial charge < -0.3 is 9.80 Å². The highest BCUT2D eigenvalue weighted by molar-refractivity contribution is 8.20. The van der Waals surface area contributed by atoms with E-state index in [-0.39, 0.29) is 5.91 Å². The predicted molar refractivity (Wildman–Crippen MR) is 151 cm³/mol. The lowest BCUT2D eigenvalue weighted by Crippen LogP contribution is -2.29. The third-order valence-electron chi connectivity index (χ3n) is 6.18. The number of para-hydroxylation sites is 1. The van der Waals surface area contributed by atoms with Crippen molar-refractivity contribution in [3.05, 3.63) is 88.3 Å². The Labute approximate surface area is 215 Å². The van der Waals surface area contributed by atoms with Crippen LogP contribution in [0.4, 0.5) is 22.7 Å². The molecule has 5 nitrogen and oxygen atoms in total. The van der Waals surface area contributed by atoms with E-state index in [4.69, 9.17) is 4.99 Å². The Morgan fingerprint density at radius 3 is 2.34 bits per heavy atom. The van der Waals surface area contributed by atoms with Gasteiger partial charge in [-0.05, 0) is 86.6 Å². The van der Waals surface area contributed by atoms with Crippen molar-refractivity contribution in [1.82, 2.24) is 0 Å². The second-order valence-electron chi connectivity index (χ2n) is 8.43. The van der Waals surface area contributed by atoms with E-state index >= 15 is 0 Å². The van der Waals surface area contributed by atoms with E-state index in [1.54, 1.807) is 16.7 Å². The van der Waals surface area contributed by atoms with Crippen LogP contribution in [0.1, 0.15) is 19.4 Å². The van der Waals surface area contributed by atoms with Gasteiger partial charge in [0, 0.05) is 30.7 Å². The molecule has 2 heterocycles. The molecule has 1 fully saturated rings. The van der Waals surface area contributed by atoms with Crippen LogP contribution < -0.4 is 14.7 Å². The number of carbonyl (C=O) groups excluding carboxylic acids is 1. The van der Waals surface area contributed by atoms with Crippen LogP contribution in [0.25, 0.3) is 0 Å². The second-order valence-corrected chi connectivity index (χ2v) is 10.4. The van der Waals surface area contributed by atoms with Crippen LogP contribution in [0, 0.1) is 6.92 Å². The maximum absolute atomic E-state index is 13.8. The number of hydrogen-bond donors (Lipinski definition) is 0. The number of carbonyl (C=O) groups is 1. The third kappa shape index (κ3) is 4.46. The zero-order valence-corrected chi connectivity index (χ0v) is 22.0. The molecule has 0 bridgehead atoms. The molecule has 1 amide bonds. The highest BCUT2D eigenvalue weighted by atomic mass is 32.2. The highest BCUT2D eigenvalue weighted by Gasteiger charge is 2.40. The number of aryl methyl sites for hydroxylation is 1. The molecule has 0 aromatic heterocycles. The minimum absolute atomic E-state index is 0.0405. The van der Waals surface area contributed by atoms with Crippen molar-refractivity contribution in [1.29, 1.82) is 0 Å². The van der Waals surface area contributed by atoms with Crippen molar-refractivity contribution >= 4 is 57.3 Å². The summed E-state index contributed by atoms with van der Waals surface area (Å²) in [6, 6.07) is 24.5. The maximum atomic E-state index is 13.8. The van der Waals surface area contributed by atoms with Crippen molar-refractivity contribution in [3.63, 3.8) is 0 Å². The quantitative estimate of drug-likeness (QED) is 0.352. The highest BCUT2D eigenvalue weighted by Crippen LogP contribution is 2.50. The molecule has 0 aliphatic carbocycles. The van der Waals surface area contributed by atoms with Crippen molar-refractivity contribution in [2.75, 3.05) is 34.8 Å². The molecule has 0 saturated carbocycles. The summed E-state index contributed by atoms with van der Waals surface area (Å²) < 4.78 is 0. The van der Waals surface area contributed by atoms with Crippen LogP contribution in [0.2, 0.25) is 0 Å². The molecule has 3 aromatic carbocycles. The number of aliphatic imine (C=N–C) groups is 1. The van der Waals surface area contributed by atoms with E-state index in [0.717, 1.165) is 45.6 Å². The average molecular weight is 501 g/mol. The van der Waals surface area contributed by atoms with Crippen LogP contribution in [-0.2, 0) is 4.79 Å². The summed E-state index contributed by atoms with van der Waals surface area (Å²) in [5.74, 6) is -0.0405. The molecule has 2 aliphatic rings. The summed E-state index contributed by atoms with van der Waals surface area (Å²) in [5, 5.41) is 1.62. The number of amidine groups is 1. The Morgan fingerprint density at radius 1 is 0.914 bits per heavy atom. The number of rotatable bonds is 5. The Balaban J connectivity index is 1.56. The Bertz CT molecular complexity index is 1330. The molecular weight excluding hydrogens is 472 g/mol. The lowest BCUT2D eigenvalue weighted by Gasteiger charge is -2.21.